The number of carbonyl (C=O) groups is 1. The maximum absolute atomic E-state index is 11.4. The number of aliphatic imine (C=N–C) groups is 2. The van der Waals surface area contributed by atoms with Gasteiger partial charge in [-0.3, -0.25) is 4.90 Å². The zero-order valence-electron chi connectivity index (χ0n) is 11.0. The van der Waals surface area contributed by atoms with Crippen molar-refractivity contribution in [2.45, 2.75) is 19.5 Å². The Hall–Kier alpha value is -2.28. The van der Waals surface area contributed by atoms with Crippen molar-refractivity contribution in [1.82, 2.24) is 0 Å². The fourth-order valence-electron chi connectivity index (χ4n) is 2.10. The minimum absolute atomic E-state index is 0.0133. The molecule has 106 valence electrons. The third-order valence-electron chi connectivity index (χ3n) is 2.82. The number of guanidine groups is 2. The van der Waals surface area contributed by atoms with Gasteiger partial charge < -0.3 is 16.6 Å². The molecular formula is C12H14ClN5O2. The van der Waals surface area contributed by atoms with E-state index in [4.69, 9.17) is 23.1 Å². The van der Waals surface area contributed by atoms with E-state index in [0.717, 1.165) is 0 Å². The van der Waals surface area contributed by atoms with Crippen molar-refractivity contribution in [2.75, 3.05) is 4.90 Å². The highest BCUT2D eigenvalue weighted by Crippen LogP contribution is 2.31. The molecule has 0 saturated carbocycles. The van der Waals surface area contributed by atoms with Gasteiger partial charge in [0.2, 0.25) is 11.9 Å². The Labute approximate surface area is 120 Å². The number of carboxylic acids is 1. The molecule has 0 spiro atoms. The predicted molar refractivity (Wildman–Crippen MR) is 78.2 cm³/mol. The molecule has 1 heterocycles. The second kappa shape index (κ2) is 4.68. The second-order valence-electron chi connectivity index (χ2n) is 4.74. The summed E-state index contributed by atoms with van der Waals surface area (Å²) in [6, 6.07) is 4.49. The summed E-state index contributed by atoms with van der Waals surface area (Å²) in [6.07, 6.45) is 0. The third kappa shape index (κ3) is 2.39. The van der Waals surface area contributed by atoms with Crippen LogP contribution < -0.4 is 16.4 Å². The smallest absolute Gasteiger partial charge is 0.337 e. The van der Waals surface area contributed by atoms with E-state index in [1.807, 2.05) is 0 Å². The largest absolute Gasteiger partial charge is 0.478 e. The van der Waals surface area contributed by atoms with Gasteiger partial charge in [-0.1, -0.05) is 11.6 Å². The van der Waals surface area contributed by atoms with Crippen molar-refractivity contribution in [3.05, 3.63) is 28.8 Å². The fourth-order valence-corrected chi connectivity index (χ4v) is 2.27. The van der Waals surface area contributed by atoms with E-state index in [-0.39, 0.29) is 17.5 Å². The van der Waals surface area contributed by atoms with Crippen LogP contribution in [0.1, 0.15) is 24.2 Å². The molecule has 8 heteroatoms. The average Bonchev–Trinajstić information content (AvgIpc) is 2.28. The van der Waals surface area contributed by atoms with Crippen LogP contribution in [0.3, 0.4) is 0 Å². The number of hydrogen-bond acceptors (Lipinski definition) is 6. The maximum atomic E-state index is 11.4. The minimum Gasteiger partial charge on any atom is -0.478 e. The highest BCUT2D eigenvalue weighted by Gasteiger charge is 2.35. The molecule has 0 aromatic heterocycles. The number of carboxylic acid groups (broad SMARTS) is 1. The van der Waals surface area contributed by atoms with Crippen molar-refractivity contribution in [3.63, 3.8) is 0 Å². The third-order valence-corrected chi connectivity index (χ3v) is 3.06. The lowest BCUT2D eigenvalue weighted by Crippen LogP contribution is -2.54. The van der Waals surface area contributed by atoms with E-state index >= 15 is 0 Å². The normalized spacial score (nSPS) is 17.4. The summed E-state index contributed by atoms with van der Waals surface area (Å²) >= 11 is 5.84. The van der Waals surface area contributed by atoms with Gasteiger partial charge in [-0.2, -0.15) is 4.99 Å². The molecule has 0 radical (unpaired) electrons. The molecule has 7 nitrogen and oxygen atoms in total. The molecule has 20 heavy (non-hydrogen) atoms. The fraction of sp³-hybridized carbons (Fsp3) is 0.250. The Kier molecular flexibility index (Phi) is 3.31. The maximum Gasteiger partial charge on any atom is 0.337 e. The quantitative estimate of drug-likeness (QED) is 0.758. The van der Waals surface area contributed by atoms with Crippen LogP contribution in [0, 0.1) is 0 Å². The zero-order chi connectivity index (χ0) is 15.1. The van der Waals surface area contributed by atoms with E-state index in [1.54, 1.807) is 26.0 Å². The van der Waals surface area contributed by atoms with Crippen LogP contribution in [0.5, 0.6) is 0 Å². The van der Waals surface area contributed by atoms with Crippen molar-refractivity contribution < 1.29 is 9.90 Å². The second-order valence-corrected chi connectivity index (χ2v) is 5.17. The molecule has 0 fully saturated rings. The Balaban J connectivity index is 2.62. The lowest BCUT2D eigenvalue weighted by molar-refractivity contribution is 0.0697. The lowest BCUT2D eigenvalue weighted by atomic mass is 10.1. The molecule has 1 aromatic carbocycles. The summed E-state index contributed by atoms with van der Waals surface area (Å²) in [7, 11) is 0. The van der Waals surface area contributed by atoms with E-state index in [0.29, 0.717) is 10.7 Å². The first-order valence-electron chi connectivity index (χ1n) is 5.75. The van der Waals surface area contributed by atoms with Gasteiger partial charge in [-0.05, 0) is 32.0 Å². The first-order chi connectivity index (χ1) is 9.22. The number of rotatable bonds is 2. The number of hydrogen-bond donors (Lipinski definition) is 3. The summed E-state index contributed by atoms with van der Waals surface area (Å²) in [5.74, 6) is -0.990. The molecular weight excluding hydrogens is 282 g/mol. The van der Waals surface area contributed by atoms with E-state index in [9.17, 15) is 9.90 Å². The van der Waals surface area contributed by atoms with Gasteiger partial charge in [0, 0.05) is 5.02 Å². The number of nitrogens with two attached hydrogens (primary N) is 2. The van der Waals surface area contributed by atoms with Crippen LogP contribution in [-0.2, 0) is 0 Å². The number of benzene rings is 1. The van der Waals surface area contributed by atoms with Gasteiger partial charge >= 0.3 is 5.97 Å². The monoisotopic (exact) mass is 295 g/mol. The molecule has 1 aliphatic rings. The van der Waals surface area contributed by atoms with Crippen molar-refractivity contribution in [2.24, 2.45) is 21.5 Å². The Bertz CT molecular complexity index is 639. The van der Waals surface area contributed by atoms with Gasteiger partial charge in [-0.25, -0.2) is 9.79 Å². The van der Waals surface area contributed by atoms with Crippen molar-refractivity contribution in [1.29, 1.82) is 0 Å². The van der Waals surface area contributed by atoms with Crippen LogP contribution in [0.15, 0.2) is 28.2 Å². The molecule has 0 amide bonds. The molecule has 1 aromatic rings. The number of aromatic carboxylic acids is 1. The Morgan fingerprint density at radius 3 is 2.60 bits per heavy atom. The van der Waals surface area contributed by atoms with Gasteiger partial charge in [-0.15, -0.1) is 0 Å². The SMILES string of the molecule is CC1(C)N=C(N)N=C(N)N1c1ccc(Cl)cc1C(=O)O. The van der Waals surface area contributed by atoms with Crippen LogP contribution >= 0.6 is 11.6 Å². The minimum atomic E-state index is -1.12. The lowest BCUT2D eigenvalue weighted by Gasteiger charge is -2.39. The summed E-state index contributed by atoms with van der Waals surface area (Å²) in [5, 5.41) is 9.62. The van der Waals surface area contributed by atoms with Crippen molar-refractivity contribution >= 4 is 35.2 Å². The van der Waals surface area contributed by atoms with E-state index in [2.05, 4.69) is 9.98 Å². The molecule has 2 rings (SSSR count). The van der Waals surface area contributed by atoms with E-state index < -0.39 is 11.6 Å². The number of anilines is 1. The molecule has 5 N–H and O–H groups in total. The molecule has 1 aliphatic heterocycles. The molecule has 0 saturated heterocycles. The van der Waals surface area contributed by atoms with E-state index in [1.165, 1.54) is 11.0 Å². The topological polar surface area (TPSA) is 117 Å². The van der Waals surface area contributed by atoms with Gasteiger partial charge in [0.15, 0.2) is 0 Å². The van der Waals surface area contributed by atoms with Crippen LogP contribution in [-0.4, -0.2) is 28.7 Å². The van der Waals surface area contributed by atoms with Crippen LogP contribution in [0.4, 0.5) is 5.69 Å². The summed E-state index contributed by atoms with van der Waals surface area (Å²) in [4.78, 5) is 20.9. The van der Waals surface area contributed by atoms with Crippen LogP contribution in [0.25, 0.3) is 0 Å². The predicted octanol–water partition coefficient (Wildman–Crippen LogP) is 1.22. The molecule has 0 unspecified atom stereocenters. The summed E-state index contributed by atoms with van der Waals surface area (Å²) in [5.41, 5.74) is 11.0. The van der Waals surface area contributed by atoms with Gasteiger partial charge in [0.05, 0.1) is 11.3 Å². The first kappa shape index (κ1) is 14.1. The first-order valence-corrected chi connectivity index (χ1v) is 6.13. The Morgan fingerprint density at radius 2 is 2.05 bits per heavy atom. The standard InChI is InChI=1S/C12H14ClN5O2/c1-12(2)17-10(14)16-11(15)18(12)8-4-3-6(13)5-7(8)9(19)20/h3-5H,1-2H3,(H,19,20)(H4,14,15,16,17). The van der Waals surface area contributed by atoms with Crippen molar-refractivity contribution in [3.8, 4) is 0 Å². The highest BCUT2D eigenvalue weighted by molar-refractivity contribution is 6.31. The molecule has 0 bridgehead atoms. The highest BCUT2D eigenvalue weighted by atomic mass is 35.5. The Morgan fingerprint density at radius 1 is 1.40 bits per heavy atom. The molecule has 0 atom stereocenters. The zero-order valence-corrected chi connectivity index (χ0v) is 11.7. The summed E-state index contributed by atoms with van der Waals surface area (Å²) in [6.45, 7) is 3.50. The summed E-state index contributed by atoms with van der Waals surface area (Å²) < 4.78 is 0. The van der Waals surface area contributed by atoms with Gasteiger partial charge in [0.1, 0.15) is 5.66 Å². The average molecular weight is 296 g/mol. The number of nitrogens with zero attached hydrogens (tertiary/aromatic N) is 3. The van der Waals surface area contributed by atoms with Crippen LogP contribution in [0.2, 0.25) is 5.02 Å². The molecule has 0 aliphatic carbocycles. The number of halogens is 1. The van der Waals surface area contributed by atoms with Gasteiger partial charge in [0.25, 0.3) is 0 Å².